The molecule has 0 aliphatic heterocycles. The van der Waals surface area contributed by atoms with E-state index >= 15 is 0 Å². The highest BCUT2D eigenvalue weighted by Gasteiger charge is 2.02. The smallest absolute Gasteiger partial charge is 0.271 e. The number of benzene rings is 1. The summed E-state index contributed by atoms with van der Waals surface area (Å²) in [6, 6.07) is 8.64. The molecule has 0 bridgehead atoms. The first kappa shape index (κ1) is 12.7. The van der Waals surface area contributed by atoms with Crippen molar-refractivity contribution >= 4 is 11.3 Å². The lowest BCUT2D eigenvalue weighted by molar-refractivity contribution is 0.548. The zero-order valence-electron chi connectivity index (χ0n) is 9.71. The normalized spacial score (nSPS) is 12.6. The SMILES string of the molecule is Cc1cc(=O)n(-c2ccc(CNS(=O)O)cc2)[nH]1. The van der Waals surface area contributed by atoms with E-state index < -0.39 is 11.3 Å². The Morgan fingerprint density at radius 2 is 2.06 bits per heavy atom. The van der Waals surface area contributed by atoms with Gasteiger partial charge in [0.15, 0.2) is 0 Å². The molecule has 2 aromatic rings. The van der Waals surface area contributed by atoms with Gasteiger partial charge in [0.1, 0.15) is 0 Å². The molecule has 0 aliphatic carbocycles. The standard InChI is InChI=1S/C11H13N3O3S/c1-8-6-11(15)14(13-8)10-4-2-9(3-5-10)7-12-18(16)17/h2-6,12-13H,7H2,1H3,(H,16,17). The van der Waals surface area contributed by atoms with Gasteiger partial charge >= 0.3 is 0 Å². The maximum absolute atomic E-state index is 11.6. The van der Waals surface area contributed by atoms with Crippen LogP contribution in [0.4, 0.5) is 0 Å². The summed E-state index contributed by atoms with van der Waals surface area (Å²) in [5, 5.41) is 2.93. The zero-order chi connectivity index (χ0) is 13.1. The summed E-state index contributed by atoms with van der Waals surface area (Å²) in [4.78, 5) is 11.6. The van der Waals surface area contributed by atoms with Crippen LogP contribution in [0.25, 0.3) is 5.69 Å². The van der Waals surface area contributed by atoms with Crippen LogP contribution in [0.3, 0.4) is 0 Å². The van der Waals surface area contributed by atoms with Crippen molar-refractivity contribution in [3.8, 4) is 5.69 Å². The molecule has 7 heteroatoms. The van der Waals surface area contributed by atoms with E-state index in [1.165, 1.54) is 10.7 Å². The average molecular weight is 267 g/mol. The van der Waals surface area contributed by atoms with Gasteiger partial charge in [-0.3, -0.25) is 14.4 Å². The van der Waals surface area contributed by atoms with Crippen LogP contribution >= 0.6 is 0 Å². The Labute approximate surface area is 106 Å². The number of nitrogens with one attached hydrogen (secondary N) is 2. The third-order valence-corrected chi connectivity index (χ3v) is 2.83. The van der Waals surface area contributed by atoms with E-state index in [0.717, 1.165) is 16.9 Å². The lowest BCUT2D eigenvalue weighted by Crippen LogP contribution is -2.16. The van der Waals surface area contributed by atoms with Crippen LogP contribution in [0.2, 0.25) is 0 Å². The van der Waals surface area contributed by atoms with E-state index in [2.05, 4.69) is 9.82 Å². The van der Waals surface area contributed by atoms with Crippen molar-refractivity contribution in [2.24, 2.45) is 0 Å². The Kier molecular flexibility index (Phi) is 3.75. The summed E-state index contributed by atoms with van der Waals surface area (Å²) in [5.74, 6) is 0. The third-order valence-electron chi connectivity index (χ3n) is 2.44. The first-order chi connectivity index (χ1) is 8.56. The van der Waals surface area contributed by atoms with Crippen molar-refractivity contribution in [3.63, 3.8) is 0 Å². The number of nitrogens with zero attached hydrogens (tertiary/aromatic N) is 1. The van der Waals surface area contributed by atoms with Crippen LogP contribution < -0.4 is 10.3 Å². The second-order valence-corrected chi connectivity index (χ2v) is 4.64. The molecule has 3 N–H and O–H groups in total. The number of hydrogen-bond donors (Lipinski definition) is 3. The molecule has 6 nitrogen and oxygen atoms in total. The monoisotopic (exact) mass is 267 g/mol. The number of rotatable bonds is 4. The van der Waals surface area contributed by atoms with Crippen molar-refractivity contribution in [1.29, 1.82) is 0 Å². The summed E-state index contributed by atoms with van der Waals surface area (Å²) < 4.78 is 22.9. The highest BCUT2D eigenvalue weighted by atomic mass is 32.2. The molecule has 1 aromatic carbocycles. The lowest BCUT2D eigenvalue weighted by Gasteiger charge is -2.04. The summed E-state index contributed by atoms with van der Waals surface area (Å²) >= 11 is -2.02. The van der Waals surface area contributed by atoms with E-state index in [9.17, 15) is 9.00 Å². The van der Waals surface area contributed by atoms with Gasteiger partial charge in [-0.25, -0.2) is 13.6 Å². The predicted octanol–water partition coefficient (Wildman–Crippen LogP) is 0.700. The Hall–Kier alpha value is -1.70. The van der Waals surface area contributed by atoms with Gasteiger partial charge in [-0.1, -0.05) is 12.1 Å². The van der Waals surface area contributed by atoms with Crippen LogP contribution in [0.5, 0.6) is 0 Å². The van der Waals surface area contributed by atoms with Crippen LogP contribution in [0, 0.1) is 6.92 Å². The van der Waals surface area contributed by atoms with Gasteiger partial charge in [0, 0.05) is 18.3 Å². The van der Waals surface area contributed by atoms with Crippen LogP contribution in [0.1, 0.15) is 11.3 Å². The molecule has 1 heterocycles. The second kappa shape index (κ2) is 5.30. The fourth-order valence-corrected chi connectivity index (χ4v) is 1.90. The molecule has 0 radical (unpaired) electrons. The minimum atomic E-state index is -2.02. The molecule has 0 fully saturated rings. The summed E-state index contributed by atoms with van der Waals surface area (Å²) in [6.45, 7) is 2.11. The Bertz CT molecular complexity index is 615. The minimum Gasteiger partial charge on any atom is -0.295 e. The van der Waals surface area contributed by atoms with E-state index in [-0.39, 0.29) is 5.56 Å². The Morgan fingerprint density at radius 3 is 2.56 bits per heavy atom. The molecule has 18 heavy (non-hydrogen) atoms. The molecule has 1 aromatic heterocycles. The van der Waals surface area contributed by atoms with Gasteiger partial charge < -0.3 is 0 Å². The Morgan fingerprint density at radius 1 is 1.39 bits per heavy atom. The molecule has 1 atom stereocenters. The van der Waals surface area contributed by atoms with E-state index in [0.29, 0.717) is 6.54 Å². The number of aromatic nitrogens is 2. The zero-order valence-corrected chi connectivity index (χ0v) is 10.5. The van der Waals surface area contributed by atoms with E-state index in [1.807, 2.05) is 6.92 Å². The average Bonchev–Trinajstić information content (AvgIpc) is 2.66. The van der Waals surface area contributed by atoms with Gasteiger partial charge in [0.25, 0.3) is 5.56 Å². The van der Waals surface area contributed by atoms with Crippen molar-refractivity contribution < 1.29 is 8.76 Å². The van der Waals surface area contributed by atoms with Crippen molar-refractivity contribution in [2.75, 3.05) is 0 Å². The molecule has 2 rings (SSSR count). The fourth-order valence-electron chi connectivity index (χ4n) is 1.61. The molecular formula is C11H13N3O3S. The second-order valence-electron chi connectivity index (χ2n) is 3.85. The molecule has 0 saturated carbocycles. The van der Waals surface area contributed by atoms with Crippen LogP contribution in [-0.2, 0) is 17.8 Å². The van der Waals surface area contributed by atoms with E-state index in [1.54, 1.807) is 24.3 Å². The van der Waals surface area contributed by atoms with Crippen molar-refractivity contribution in [2.45, 2.75) is 13.5 Å². The van der Waals surface area contributed by atoms with Gasteiger partial charge in [0.05, 0.1) is 5.69 Å². The Balaban J connectivity index is 2.20. The first-order valence-corrected chi connectivity index (χ1v) is 6.39. The molecule has 0 aliphatic rings. The van der Waals surface area contributed by atoms with Crippen LogP contribution in [-0.4, -0.2) is 18.5 Å². The van der Waals surface area contributed by atoms with Gasteiger partial charge in [0.2, 0.25) is 11.3 Å². The number of H-pyrrole nitrogens is 1. The first-order valence-electron chi connectivity index (χ1n) is 5.28. The minimum absolute atomic E-state index is 0.116. The molecule has 0 saturated heterocycles. The molecule has 0 spiro atoms. The quantitative estimate of drug-likeness (QED) is 0.713. The maximum atomic E-state index is 11.6. The predicted molar refractivity (Wildman–Crippen MR) is 68.7 cm³/mol. The maximum Gasteiger partial charge on any atom is 0.271 e. The van der Waals surface area contributed by atoms with E-state index in [4.69, 9.17) is 4.55 Å². The highest BCUT2D eigenvalue weighted by Crippen LogP contribution is 2.07. The topological polar surface area (TPSA) is 87.1 Å². The summed E-state index contributed by atoms with van der Waals surface area (Å²) in [5.41, 5.74) is 2.26. The molecule has 1 unspecified atom stereocenters. The fraction of sp³-hybridized carbons (Fsp3) is 0.182. The molecular weight excluding hydrogens is 254 g/mol. The third kappa shape index (κ3) is 2.95. The highest BCUT2D eigenvalue weighted by molar-refractivity contribution is 7.77. The number of hydrogen-bond acceptors (Lipinski definition) is 2. The largest absolute Gasteiger partial charge is 0.295 e. The number of aromatic amines is 1. The van der Waals surface area contributed by atoms with Crippen molar-refractivity contribution in [3.05, 3.63) is 51.9 Å². The molecule has 96 valence electrons. The summed E-state index contributed by atoms with van der Waals surface area (Å²) in [6.07, 6.45) is 0. The van der Waals surface area contributed by atoms with Gasteiger partial charge in [-0.05, 0) is 24.6 Å². The lowest BCUT2D eigenvalue weighted by atomic mass is 10.2. The van der Waals surface area contributed by atoms with Crippen LogP contribution in [0.15, 0.2) is 35.1 Å². The number of aryl methyl sites for hydroxylation is 1. The van der Waals surface area contributed by atoms with Gasteiger partial charge in [-0.2, -0.15) is 0 Å². The molecule has 0 amide bonds. The van der Waals surface area contributed by atoms with Crippen molar-refractivity contribution in [1.82, 2.24) is 14.5 Å². The van der Waals surface area contributed by atoms with Gasteiger partial charge in [-0.15, -0.1) is 0 Å². The summed E-state index contributed by atoms with van der Waals surface area (Å²) in [7, 11) is 0.